The van der Waals surface area contributed by atoms with Gasteiger partial charge in [-0.2, -0.15) is 0 Å². The van der Waals surface area contributed by atoms with Crippen LogP contribution in [0.2, 0.25) is 0 Å². The summed E-state index contributed by atoms with van der Waals surface area (Å²) in [6.07, 6.45) is -3.34. The van der Waals surface area contributed by atoms with Gasteiger partial charge in [0, 0.05) is 19.5 Å². The molecule has 0 bridgehead atoms. The predicted molar refractivity (Wildman–Crippen MR) is 97.0 cm³/mol. The molecule has 2 atom stereocenters. The van der Waals surface area contributed by atoms with Crippen LogP contribution in [0.15, 0.2) is 46.3 Å². The van der Waals surface area contributed by atoms with E-state index in [1.807, 2.05) is 0 Å². The summed E-state index contributed by atoms with van der Waals surface area (Å²) in [6, 6.07) is 4.02. The second-order valence-corrected chi connectivity index (χ2v) is 7.56. The highest BCUT2D eigenvalue weighted by molar-refractivity contribution is 9.12. The number of rotatable bonds is 4. The molecule has 0 unspecified atom stereocenters. The van der Waals surface area contributed by atoms with Gasteiger partial charge in [-0.15, -0.1) is 13.2 Å². The Morgan fingerprint density at radius 1 is 1.17 bits per heavy atom. The van der Waals surface area contributed by atoms with Gasteiger partial charge in [0.1, 0.15) is 11.3 Å². The third kappa shape index (κ3) is 4.66. The van der Waals surface area contributed by atoms with Gasteiger partial charge in [0.05, 0.1) is 16.4 Å². The molecule has 1 heterocycles. The summed E-state index contributed by atoms with van der Waals surface area (Å²) in [6.45, 7) is 2.84. The number of hydrogen-bond donors (Lipinski definition) is 2. The fourth-order valence-corrected chi connectivity index (χ4v) is 3.49. The number of anilines is 1. The summed E-state index contributed by atoms with van der Waals surface area (Å²) in [5.41, 5.74) is 0.000777. The van der Waals surface area contributed by atoms with Crippen LogP contribution >= 0.6 is 15.9 Å². The van der Waals surface area contributed by atoms with Crippen molar-refractivity contribution in [1.82, 2.24) is 0 Å². The average molecular weight is 478 g/mol. The van der Waals surface area contributed by atoms with Gasteiger partial charge >= 0.3 is 12.3 Å². The molecule has 7 nitrogen and oxygen atoms in total. The maximum absolute atomic E-state index is 12.6. The number of benzene rings is 1. The van der Waals surface area contributed by atoms with Gasteiger partial charge in [0.15, 0.2) is 5.78 Å². The van der Waals surface area contributed by atoms with E-state index >= 15 is 0 Å². The number of aliphatic hydroxyl groups excluding tert-OH is 1. The minimum Gasteiger partial charge on any atom is -0.480 e. The maximum atomic E-state index is 12.6. The van der Waals surface area contributed by atoms with Gasteiger partial charge in [-0.25, -0.2) is 4.79 Å². The number of hydrogen-bond acceptors (Lipinski definition) is 7. The number of aliphatic hydroxyl groups is 1. The molecule has 1 aromatic carbocycles. The first-order valence-electron chi connectivity index (χ1n) is 8.26. The van der Waals surface area contributed by atoms with E-state index in [9.17, 15) is 27.9 Å². The van der Waals surface area contributed by atoms with Crippen molar-refractivity contribution < 1.29 is 42.1 Å². The second-order valence-electron chi connectivity index (χ2n) is 6.71. The van der Waals surface area contributed by atoms with E-state index in [-0.39, 0.29) is 10.1 Å². The Labute approximate surface area is 171 Å². The Morgan fingerprint density at radius 3 is 2.34 bits per heavy atom. The Hall–Kier alpha value is -2.69. The summed E-state index contributed by atoms with van der Waals surface area (Å²) >= 11 is 3.10. The van der Waals surface area contributed by atoms with Gasteiger partial charge in [0.2, 0.25) is 0 Å². The molecule has 3 rings (SSSR count). The zero-order chi connectivity index (χ0) is 21.6. The Balaban J connectivity index is 1.85. The Kier molecular flexibility index (Phi) is 5.28. The molecule has 0 fully saturated rings. The van der Waals surface area contributed by atoms with Gasteiger partial charge in [-0.1, -0.05) is 0 Å². The summed E-state index contributed by atoms with van der Waals surface area (Å²) < 4.78 is 51.0. The van der Waals surface area contributed by atoms with E-state index in [1.165, 1.54) is 32.1 Å². The Bertz CT molecular complexity index is 907. The molecule has 2 aliphatic rings. The Morgan fingerprint density at radius 2 is 1.79 bits per heavy atom. The van der Waals surface area contributed by atoms with Crippen LogP contribution in [0.4, 0.5) is 18.9 Å². The van der Waals surface area contributed by atoms with Crippen molar-refractivity contribution in [3.8, 4) is 5.75 Å². The van der Waals surface area contributed by atoms with E-state index in [2.05, 4.69) is 26.0 Å². The molecule has 0 spiro atoms. The van der Waals surface area contributed by atoms with Crippen LogP contribution in [0.3, 0.4) is 0 Å². The van der Waals surface area contributed by atoms with Crippen LogP contribution in [-0.2, 0) is 19.1 Å². The average Bonchev–Trinajstić information content (AvgIpc) is 2.81. The fraction of sp³-hybridized carbons (Fsp3) is 0.333. The number of alkyl halides is 3. The first kappa shape index (κ1) is 21.0. The lowest BCUT2D eigenvalue weighted by molar-refractivity contribution is -0.274. The summed E-state index contributed by atoms with van der Waals surface area (Å²) in [5.74, 6) is -5.10. The second kappa shape index (κ2) is 7.29. The van der Waals surface area contributed by atoms with Crippen molar-refractivity contribution in [2.75, 3.05) is 5.32 Å². The quantitative estimate of drug-likeness (QED) is 0.634. The standard InChI is InChI=1S/C18H15BrF3NO6/c1-17(2)28-15(25)13(16(26)29-17)12-11(7-10(19)14(12)24)23-8-3-5-9(6-4-8)27-18(20,21)22/h3-7,11-12,23,25H,1-2H3/t11-,12-/m1/s1. The number of allylic oxidation sites excluding steroid dienone is 1. The number of carbonyl (C=O) groups excluding carboxylic acids is 2. The summed E-state index contributed by atoms with van der Waals surface area (Å²) in [5, 5.41) is 13.1. The summed E-state index contributed by atoms with van der Waals surface area (Å²) in [4.78, 5) is 24.9. The van der Waals surface area contributed by atoms with Gasteiger partial charge in [-0.05, 0) is 46.3 Å². The topological polar surface area (TPSA) is 94.1 Å². The smallest absolute Gasteiger partial charge is 0.480 e. The molecule has 29 heavy (non-hydrogen) atoms. The zero-order valence-electron chi connectivity index (χ0n) is 15.0. The number of nitrogens with one attached hydrogen (secondary N) is 1. The minimum absolute atomic E-state index is 0.162. The molecule has 1 aromatic rings. The van der Waals surface area contributed by atoms with Crippen molar-refractivity contribution in [3.05, 3.63) is 46.3 Å². The number of ether oxygens (including phenoxy) is 3. The molecule has 0 aromatic heterocycles. The molecule has 0 saturated heterocycles. The van der Waals surface area contributed by atoms with Gasteiger partial charge in [0.25, 0.3) is 11.7 Å². The lowest BCUT2D eigenvalue weighted by atomic mass is 9.91. The number of esters is 1. The van der Waals surface area contributed by atoms with Crippen LogP contribution in [0.1, 0.15) is 13.8 Å². The third-order valence-electron chi connectivity index (χ3n) is 4.07. The molecular weight excluding hydrogens is 463 g/mol. The van der Waals surface area contributed by atoms with Crippen LogP contribution in [0.5, 0.6) is 5.75 Å². The zero-order valence-corrected chi connectivity index (χ0v) is 16.6. The monoisotopic (exact) mass is 477 g/mol. The molecule has 2 N–H and O–H groups in total. The number of cyclic esters (lactones) is 1. The maximum Gasteiger partial charge on any atom is 0.573 e. The van der Waals surface area contributed by atoms with Crippen LogP contribution in [0.25, 0.3) is 0 Å². The van der Waals surface area contributed by atoms with Crippen molar-refractivity contribution in [2.24, 2.45) is 5.92 Å². The van der Waals surface area contributed by atoms with Crippen molar-refractivity contribution in [2.45, 2.75) is 32.0 Å². The van der Waals surface area contributed by atoms with Crippen LogP contribution < -0.4 is 10.1 Å². The largest absolute Gasteiger partial charge is 0.573 e. The molecule has 11 heteroatoms. The van der Waals surface area contributed by atoms with Crippen LogP contribution in [0, 0.1) is 5.92 Å². The first-order chi connectivity index (χ1) is 13.4. The molecule has 0 radical (unpaired) electrons. The predicted octanol–water partition coefficient (Wildman–Crippen LogP) is 3.92. The van der Waals surface area contributed by atoms with E-state index < -0.39 is 47.6 Å². The highest BCUT2D eigenvalue weighted by atomic mass is 79.9. The number of Topliss-reactive ketones (excluding diaryl/α,β-unsaturated/α-hetero) is 1. The molecule has 1 aliphatic heterocycles. The van der Waals surface area contributed by atoms with Gasteiger partial charge < -0.3 is 24.6 Å². The SMILES string of the molecule is CC1(C)OC(=O)C([C@@H]2C(=O)C(Br)=C[C@H]2Nc2ccc(OC(F)(F)F)cc2)=C(O)O1. The molecule has 1 aliphatic carbocycles. The van der Waals surface area contributed by atoms with Gasteiger partial charge in [-0.3, -0.25) is 4.79 Å². The normalized spacial score (nSPS) is 24.0. The van der Waals surface area contributed by atoms with E-state index in [0.29, 0.717) is 5.69 Å². The van der Waals surface area contributed by atoms with E-state index in [4.69, 9.17) is 9.47 Å². The van der Waals surface area contributed by atoms with E-state index in [1.54, 1.807) is 0 Å². The van der Waals surface area contributed by atoms with Crippen molar-refractivity contribution in [3.63, 3.8) is 0 Å². The van der Waals surface area contributed by atoms with E-state index in [0.717, 1.165) is 12.1 Å². The molecule has 0 amide bonds. The first-order valence-corrected chi connectivity index (χ1v) is 9.05. The van der Waals surface area contributed by atoms with Crippen LogP contribution in [-0.4, -0.2) is 35.1 Å². The number of ketones is 1. The molecule has 0 saturated carbocycles. The number of carbonyl (C=O) groups is 2. The van der Waals surface area contributed by atoms with Crippen molar-refractivity contribution in [1.29, 1.82) is 0 Å². The highest BCUT2D eigenvalue weighted by Crippen LogP contribution is 2.38. The van der Waals surface area contributed by atoms with Crippen molar-refractivity contribution >= 4 is 33.4 Å². The lowest BCUT2D eigenvalue weighted by Gasteiger charge is -2.33. The lowest BCUT2D eigenvalue weighted by Crippen LogP contribution is -2.42. The highest BCUT2D eigenvalue weighted by Gasteiger charge is 2.47. The minimum atomic E-state index is -4.81. The fourth-order valence-electron chi connectivity index (χ4n) is 2.96. The number of halogens is 4. The molecular formula is C18H15BrF3NO6. The third-order valence-corrected chi connectivity index (χ3v) is 4.72. The summed E-state index contributed by atoms with van der Waals surface area (Å²) in [7, 11) is 0. The molecule has 156 valence electrons.